The van der Waals surface area contributed by atoms with Crippen LogP contribution >= 0.6 is 0 Å². The highest BCUT2D eigenvalue weighted by Gasteiger charge is 2.32. The fraction of sp³-hybridized carbons (Fsp3) is 0.321. The number of alkyl carbamates (subject to hydrolysis) is 1. The van der Waals surface area contributed by atoms with Crippen molar-refractivity contribution >= 4 is 6.09 Å². The quantitative estimate of drug-likeness (QED) is 0.594. The highest BCUT2D eigenvalue weighted by molar-refractivity contribution is 5.79. The van der Waals surface area contributed by atoms with Crippen LogP contribution in [0.4, 0.5) is 4.79 Å². The largest absolute Gasteiger partial charge is 0.449 e. The minimum Gasteiger partial charge on any atom is -0.449 e. The lowest BCUT2D eigenvalue weighted by Crippen LogP contribution is -2.53. The number of fused-ring (bicyclic) bond motifs is 3. The Morgan fingerprint density at radius 3 is 2.24 bits per heavy atom. The van der Waals surface area contributed by atoms with E-state index in [9.17, 15) is 9.90 Å². The molecule has 1 heterocycles. The van der Waals surface area contributed by atoms with Gasteiger partial charge >= 0.3 is 6.09 Å². The summed E-state index contributed by atoms with van der Waals surface area (Å²) in [5.41, 5.74) is 6.08. The van der Waals surface area contributed by atoms with Crippen LogP contribution in [-0.4, -0.2) is 48.4 Å². The Kier molecular flexibility index (Phi) is 6.42. The molecule has 2 unspecified atom stereocenters. The number of benzene rings is 3. The Morgan fingerprint density at radius 1 is 0.939 bits per heavy atom. The first kappa shape index (κ1) is 21.7. The average Bonchev–Trinajstić information content (AvgIpc) is 3.17. The zero-order valence-electron chi connectivity index (χ0n) is 18.7. The van der Waals surface area contributed by atoms with Crippen molar-refractivity contribution in [3.63, 3.8) is 0 Å². The summed E-state index contributed by atoms with van der Waals surface area (Å²) in [5.74, 6) is 0.0789. The second-order valence-corrected chi connectivity index (χ2v) is 9.03. The highest BCUT2D eigenvalue weighted by atomic mass is 16.5. The third kappa shape index (κ3) is 4.65. The van der Waals surface area contributed by atoms with Gasteiger partial charge in [-0.3, -0.25) is 4.90 Å². The zero-order valence-corrected chi connectivity index (χ0v) is 18.7. The summed E-state index contributed by atoms with van der Waals surface area (Å²) >= 11 is 0. The molecule has 0 spiro atoms. The molecule has 33 heavy (non-hydrogen) atoms. The molecule has 5 heteroatoms. The topological polar surface area (TPSA) is 61.8 Å². The van der Waals surface area contributed by atoms with Crippen LogP contribution in [0.25, 0.3) is 11.1 Å². The molecule has 0 bridgehead atoms. The summed E-state index contributed by atoms with van der Waals surface area (Å²) in [5, 5.41) is 12.9. The number of nitrogens with one attached hydrogen (secondary N) is 1. The first-order valence-corrected chi connectivity index (χ1v) is 11.7. The van der Waals surface area contributed by atoms with E-state index >= 15 is 0 Å². The zero-order chi connectivity index (χ0) is 22.6. The summed E-state index contributed by atoms with van der Waals surface area (Å²) in [6, 6.07) is 26.9. The maximum atomic E-state index is 12.8. The van der Waals surface area contributed by atoms with E-state index in [-0.39, 0.29) is 24.5 Å². The molecule has 5 nitrogen and oxygen atoms in total. The fourth-order valence-corrected chi connectivity index (χ4v) is 5.23. The molecule has 1 fully saturated rings. The van der Waals surface area contributed by atoms with Gasteiger partial charge in [0.05, 0.1) is 0 Å². The van der Waals surface area contributed by atoms with Crippen molar-refractivity contribution in [2.45, 2.75) is 24.9 Å². The number of amides is 1. The molecule has 0 aromatic heterocycles. The monoisotopic (exact) mass is 442 g/mol. The number of aliphatic hydroxyl groups is 1. The molecule has 1 amide bonds. The predicted octanol–water partition coefficient (Wildman–Crippen LogP) is 4.41. The van der Waals surface area contributed by atoms with Gasteiger partial charge in [0.2, 0.25) is 0 Å². The Morgan fingerprint density at radius 2 is 1.58 bits per heavy atom. The molecule has 0 radical (unpaired) electrons. The van der Waals surface area contributed by atoms with Crippen molar-refractivity contribution in [2.24, 2.45) is 5.92 Å². The van der Waals surface area contributed by atoms with E-state index < -0.39 is 6.09 Å². The van der Waals surface area contributed by atoms with E-state index in [1.165, 1.54) is 27.8 Å². The average molecular weight is 443 g/mol. The maximum absolute atomic E-state index is 12.8. The molecule has 3 aromatic rings. The number of piperidine rings is 1. The van der Waals surface area contributed by atoms with Crippen molar-refractivity contribution in [2.75, 3.05) is 26.3 Å². The van der Waals surface area contributed by atoms with Crippen molar-refractivity contribution in [1.82, 2.24) is 10.2 Å². The van der Waals surface area contributed by atoms with E-state index in [4.69, 9.17) is 4.74 Å². The van der Waals surface area contributed by atoms with Crippen LogP contribution in [0.3, 0.4) is 0 Å². The molecule has 5 rings (SSSR count). The number of ether oxygens (including phenoxy) is 1. The first-order chi connectivity index (χ1) is 16.2. The number of aliphatic hydroxyl groups excluding tert-OH is 1. The summed E-state index contributed by atoms with van der Waals surface area (Å²) in [6.07, 6.45) is 0.430. The van der Waals surface area contributed by atoms with E-state index in [2.05, 4.69) is 46.6 Å². The molecular weight excluding hydrogens is 412 g/mol. The van der Waals surface area contributed by atoms with Crippen molar-refractivity contribution in [3.05, 3.63) is 95.6 Å². The van der Waals surface area contributed by atoms with Crippen molar-refractivity contribution < 1.29 is 14.6 Å². The minimum absolute atomic E-state index is 0.0394. The Labute approximate surface area is 195 Å². The lowest BCUT2D eigenvalue weighted by Gasteiger charge is -2.38. The lowest BCUT2D eigenvalue weighted by molar-refractivity contribution is 0.0806. The molecular formula is C28H30N2O3. The normalized spacial score (nSPS) is 20.2. The Balaban J connectivity index is 1.22. The molecule has 2 N–H and O–H groups in total. The van der Waals surface area contributed by atoms with Crippen LogP contribution in [0.1, 0.15) is 29.0 Å². The van der Waals surface area contributed by atoms with Gasteiger partial charge in [0.25, 0.3) is 0 Å². The molecule has 3 aromatic carbocycles. The van der Waals surface area contributed by atoms with Crippen LogP contribution in [0, 0.1) is 5.92 Å². The number of nitrogens with zero attached hydrogens (tertiary/aromatic N) is 1. The number of likely N-dealkylation sites (tertiary alicyclic amines) is 1. The first-order valence-electron chi connectivity index (χ1n) is 11.7. The smallest absolute Gasteiger partial charge is 0.407 e. The highest BCUT2D eigenvalue weighted by Crippen LogP contribution is 2.44. The second kappa shape index (κ2) is 9.77. The summed E-state index contributed by atoms with van der Waals surface area (Å²) in [6.45, 7) is 2.80. The van der Waals surface area contributed by atoms with Crippen molar-refractivity contribution in [1.29, 1.82) is 0 Å². The van der Waals surface area contributed by atoms with Gasteiger partial charge in [0.1, 0.15) is 6.61 Å². The van der Waals surface area contributed by atoms with Crippen LogP contribution in [0.5, 0.6) is 0 Å². The molecule has 1 saturated heterocycles. The van der Waals surface area contributed by atoms with Gasteiger partial charge < -0.3 is 15.2 Å². The number of hydrogen-bond donors (Lipinski definition) is 2. The van der Waals surface area contributed by atoms with Gasteiger partial charge in [0, 0.05) is 37.6 Å². The second-order valence-electron chi connectivity index (χ2n) is 9.03. The van der Waals surface area contributed by atoms with Gasteiger partial charge in [0.15, 0.2) is 0 Å². The van der Waals surface area contributed by atoms with E-state index in [1.54, 1.807) is 0 Å². The van der Waals surface area contributed by atoms with E-state index in [0.717, 1.165) is 19.5 Å². The summed E-state index contributed by atoms with van der Waals surface area (Å²) < 4.78 is 5.74. The third-order valence-corrected chi connectivity index (χ3v) is 6.97. The minimum atomic E-state index is -0.415. The van der Waals surface area contributed by atoms with Gasteiger partial charge in [-0.15, -0.1) is 0 Å². The summed E-state index contributed by atoms with van der Waals surface area (Å²) in [7, 11) is 0. The van der Waals surface area contributed by atoms with Gasteiger partial charge in [-0.1, -0.05) is 78.9 Å². The standard InChI is InChI=1S/C28H30N2O3/c31-18-21-14-15-30(16-20-8-2-1-3-9-20)17-27(21)29-28(32)33-19-26-24-12-6-4-10-22(24)23-11-5-7-13-25(23)26/h1-13,21,26-27,31H,14-19H2,(H,29,32). The van der Waals surface area contributed by atoms with Crippen LogP contribution in [-0.2, 0) is 11.3 Å². The maximum Gasteiger partial charge on any atom is 0.407 e. The van der Waals surface area contributed by atoms with Gasteiger partial charge in [-0.05, 0) is 40.8 Å². The van der Waals surface area contributed by atoms with E-state index in [1.807, 2.05) is 42.5 Å². The molecule has 1 aliphatic heterocycles. The molecule has 1 aliphatic carbocycles. The molecule has 2 aliphatic rings. The van der Waals surface area contributed by atoms with Crippen molar-refractivity contribution in [3.8, 4) is 11.1 Å². The number of carbonyl (C=O) groups is 1. The fourth-order valence-electron chi connectivity index (χ4n) is 5.23. The van der Waals surface area contributed by atoms with Gasteiger partial charge in [-0.2, -0.15) is 0 Å². The van der Waals surface area contributed by atoms with Gasteiger partial charge in [-0.25, -0.2) is 4.79 Å². The van der Waals surface area contributed by atoms with E-state index in [0.29, 0.717) is 13.2 Å². The number of rotatable bonds is 6. The molecule has 2 atom stereocenters. The Bertz CT molecular complexity index is 1060. The number of hydrogen-bond acceptors (Lipinski definition) is 4. The third-order valence-electron chi connectivity index (χ3n) is 6.97. The molecule has 0 saturated carbocycles. The van der Waals surface area contributed by atoms with Crippen LogP contribution < -0.4 is 5.32 Å². The SMILES string of the molecule is O=C(NC1CN(Cc2ccccc2)CCC1CO)OCC1c2ccccc2-c2ccccc21. The van der Waals surface area contributed by atoms with Crippen LogP contribution in [0.15, 0.2) is 78.9 Å². The number of carbonyl (C=O) groups excluding carboxylic acids is 1. The predicted molar refractivity (Wildman–Crippen MR) is 129 cm³/mol. The lowest BCUT2D eigenvalue weighted by atomic mass is 9.92. The summed E-state index contributed by atoms with van der Waals surface area (Å²) in [4.78, 5) is 15.1. The Hall–Kier alpha value is -3.15. The molecule has 170 valence electrons. The van der Waals surface area contributed by atoms with Crippen LogP contribution in [0.2, 0.25) is 0 Å².